The van der Waals surface area contributed by atoms with Gasteiger partial charge in [-0.2, -0.15) is 0 Å². The van der Waals surface area contributed by atoms with Gasteiger partial charge in [-0.3, -0.25) is 9.59 Å². The van der Waals surface area contributed by atoms with E-state index in [0.29, 0.717) is 23.7 Å². The second-order valence-electron chi connectivity index (χ2n) is 5.65. The lowest BCUT2D eigenvalue weighted by atomic mass is 10.3. The molecule has 0 aromatic heterocycles. The van der Waals surface area contributed by atoms with Crippen LogP contribution in [-0.2, 0) is 9.59 Å². The van der Waals surface area contributed by atoms with E-state index in [1.807, 2.05) is 19.1 Å². The molecule has 2 rings (SSSR count). The van der Waals surface area contributed by atoms with Crippen molar-refractivity contribution >= 4 is 35.0 Å². The monoisotopic (exact) mass is 388 g/mol. The van der Waals surface area contributed by atoms with E-state index in [1.165, 1.54) is 11.8 Å². The van der Waals surface area contributed by atoms with E-state index in [4.69, 9.17) is 9.47 Å². The summed E-state index contributed by atoms with van der Waals surface area (Å²) >= 11 is 1.27. The summed E-state index contributed by atoms with van der Waals surface area (Å²) in [4.78, 5) is 24.5. The van der Waals surface area contributed by atoms with E-state index < -0.39 is 0 Å². The molecule has 1 atom stereocenters. The van der Waals surface area contributed by atoms with Crippen LogP contribution in [0.3, 0.4) is 0 Å². The number of nitrogens with one attached hydrogen (secondary N) is 2. The Hall–Kier alpha value is -2.67. The van der Waals surface area contributed by atoms with E-state index in [1.54, 1.807) is 50.4 Å². The van der Waals surface area contributed by atoms with Crippen molar-refractivity contribution in [2.24, 2.45) is 0 Å². The Morgan fingerprint density at radius 2 is 1.78 bits per heavy atom. The van der Waals surface area contributed by atoms with Crippen LogP contribution in [0.2, 0.25) is 0 Å². The van der Waals surface area contributed by atoms with Gasteiger partial charge in [0.15, 0.2) is 0 Å². The van der Waals surface area contributed by atoms with E-state index in [-0.39, 0.29) is 22.8 Å². The van der Waals surface area contributed by atoms with Crippen molar-refractivity contribution < 1.29 is 19.1 Å². The average Bonchev–Trinajstić information content (AvgIpc) is 2.68. The van der Waals surface area contributed by atoms with Gasteiger partial charge in [0, 0.05) is 5.69 Å². The predicted octanol–water partition coefficient (Wildman–Crippen LogP) is 3.79. The largest absolute Gasteiger partial charge is 0.497 e. The fourth-order valence-corrected chi connectivity index (χ4v) is 2.92. The first-order valence-corrected chi connectivity index (χ1v) is 9.66. The Labute approximate surface area is 163 Å². The van der Waals surface area contributed by atoms with E-state index >= 15 is 0 Å². The van der Waals surface area contributed by atoms with Gasteiger partial charge >= 0.3 is 0 Å². The van der Waals surface area contributed by atoms with Crippen LogP contribution >= 0.6 is 11.8 Å². The topological polar surface area (TPSA) is 76.7 Å². The number of methoxy groups -OCH3 is 1. The molecule has 0 spiro atoms. The summed E-state index contributed by atoms with van der Waals surface area (Å²) in [5.41, 5.74) is 1.31. The van der Waals surface area contributed by atoms with Crippen molar-refractivity contribution in [2.75, 3.05) is 30.1 Å². The van der Waals surface area contributed by atoms with Gasteiger partial charge in [-0.05, 0) is 50.2 Å². The summed E-state index contributed by atoms with van der Waals surface area (Å²) in [6.07, 6.45) is 0. The molecule has 6 nitrogen and oxygen atoms in total. The molecule has 1 unspecified atom stereocenters. The zero-order valence-corrected chi connectivity index (χ0v) is 16.5. The zero-order chi connectivity index (χ0) is 19.6. The molecule has 2 amide bonds. The highest BCUT2D eigenvalue weighted by Gasteiger charge is 2.16. The van der Waals surface area contributed by atoms with Crippen LogP contribution in [0.25, 0.3) is 0 Å². The summed E-state index contributed by atoms with van der Waals surface area (Å²) in [7, 11) is 1.59. The number of benzene rings is 2. The molecule has 0 saturated carbocycles. The first-order chi connectivity index (χ1) is 13.0. The van der Waals surface area contributed by atoms with E-state index in [0.717, 1.165) is 5.75 Å². The number of hydrogen-bond donors (Lipinski definition) is 2. The molecule has 0 heterocycles. The van der Waals surface area contributed by atoms with Crippen molar-refractivity contribution in [1.82, 2.24) is 0 Å². The average molecular weight is 388 g/mol. The van der Waals surface area contributed by atoms with Gasteiger partial charge in [0.1, 0.15) is 11.5 Å². The smallest absolute Gasteiger partial charge is 0.237 e. The quantitative estimate of drug-likeness (QED) is 0.683. The minimum atomic E-state index is -0.375. The lowest BCUT2D eigenvalue weighted by Crippen LogP contribution is -2.25. The number of ether oxygens (including phenoxy) is 2. The fourth-order valence-electron chi connectivity index (χ4n) is 2.23. The Morgan fingerprint density at radius 1 is 1.07 bits per heavy atom. The second kappa shape index (κ2) is 10.5. The van der Waals surface area contributed by atoms with E-state index in [9.17, 15) is 9.59 Å². The maximum absolute atomic E-state index is 12.3. The standard InChI is InChI=1S/C20H24N2O4S/c1-4-26-18-8-6-5-7-17(18)22-19(23)13-27-14(2)20(24)21-15-9-11-16(25-3)12-10-15/h5-12,14H,4,13H2,1-3H3,(H,21,24)(H,22,23). The maximum Gasteiger partial charge on any atom is 0.237 e. The van der Waals surface area contributed by atoms with Crippen molar-refractivity contribution in [2.45, 2.75) is 19.1 Å². The highest BCUT2D eigenvalue weighted by Crippen LogP contribution is 2.24. The summed E-state index contributed by atoms with van der Waals surface area (Å²) in [6.45, 7) is 4.17. The number of anilines is 2. The molecule has 144 valence electrons. The second-order valence-corrected chi connectivity index (χ2v) is 6.98. The molecule has 0 fully saturated rings. The normalized spacial score (nSPS) is 11.4. The third-order valence-electron chi connectivity index (χ3n) is 3.65. The predicted molar refractivity (Wildman–Crippen MR) is 110 cm³/mol. The summed E-state index contributed by atoms with van der Waals surface area (Å²) in [5.74, 6) is 1.17. The van der Waals surface area contributed by atoms with Gasteiger partial charge in [0.05, 0.1) is 30.4 Å². The van der Waals surface area contributed by atoms with Gasteiger partial charge in [0.2, 0.25) is 11.8 Å². The molecule has 2 aromatic rings. The Morgan fingerprint density at radius 3 is 2.44 bits per heavy atom. The van der Waals surface area contributed by atoms with Crippen LogP contribution in [0.4, 0.5) is 11.4 Å². The molecule has 7 heteroatoms. The maximum atomic E-state index is 12.3. The van der Waals surface area contributed by atoms with Crippen molar-refractivity contribution in [3.8, 4) is 11.5 Å². The molecular formula is C20H24N2O4S. The van der Waals surface area contributed by atoms with Gasteiger partial charge < -0.3 is 20.1 Å². The van der Waals surface area contributed by atoms with Crippen molar-refractivity contribution in [3.05, 3.63) is 48.5 Å². The summed E-state index contributed by atoms with van der Waals surface area (Å²) in [6, 6.07) is 14.4. The van der Waals surface area contributed by atoms with Gasteiger partial charge in [-0.25, -0.2) is 0 Å². The molecule has 0 aliphatic heterocycles. The molecule has 0 radical (unpaired) electrons. The molecule has 0 aliphatic rings. The lowest BCUT2D eigenvalue weighted by Gasteiger charge is -2.13. The third kappa shape index (κ3) is 6.53. The fraction of sp³-hybridized carbons (Fsp3) is 0.300. The molecule has 2 aromatic carbocycles. The number of carbonyl (C=O) groups is 2. The minimum absolute atomic E-state index is 0.160. The molecule has 0 bridgehead atoms. The number of hydrogen-bond acceptors (Lipinski definition) is 5. The molecule has 0 saturated heterocycles. The summed E-state index contributed by atoms with van der Waals surface area (Å²) in [5, 5.41) is 5.27. The molecule has 2 N–H and O–H groups in total. The summed E-state index contributed by atoms with van der Waals surface area (Å²) < 4.78 is 10.6. The van der Waals surface area contributed by atoms with Crippen LogP contribution in [-0.4, -0.2) is 36.5 Å². The number of thioether (sulfide) groups is 1. The van der Waals surface area contributed by atoms with Crippen molar-refractivity contribution in [1.29, 1.82) is 0 Å². The van der Waals surface area contributed by atoms with Crippen LogP contribution in [0, 0.1) is 0 Å². The lowest BCUT2D eigenvalue weighted by molar-refractivity contribution is -0.115. The molecule has 0 aliphatic carbocycles. The first-order valence-electron chi connectivity index (χ1n) is 8.61. The number of rotatable bonds is 9. The molecular weight excluding hydrogens is 364 g/mol. The first kappa shape index (κ1) is 20.6. The highest BCUT2D eigenvalue weighted by molar-refractivity contribution is 8.01. The van der Waals surface area contributed by atoms with Gasteiger partial charge in [-0.15, -0.1) is 11.8 Å². The highest BCUT2D eigenvalue weighted by atomic mass is 32.2. The zero-order valence-electron chi connectivity index (χ0n) is 15.7. The van der Waals surface area contributed by atoms with Gasteiger partial charge in [0.25, 0.3) is 0 Å². The SMILES string of the molecule is CCOc1ccccc1NC(=O)CSC(C)C(=O)Nc1ccc(OC)cc1. The number of carbonyl (C=O) groups excluding carboxylic acids is 2. The molecule has 27 heavy (non-hydrogen) atoms. The number of amides is 2. The minimum Gasteiger partial charge on any atom is -0.497 e. The Balaban J connectivity index is 1.82. The van der Waals surface area contributed by atoms with Crippen LogP contribution in [0.5, 0.6) is 11.5 Å². The Bertz CT molecular complexity index is 765. The van der Waals surface area contributed by atoms with Gasteiger partial charge in [-0.1, -0.05) is 12.1 Å². The Kier molecular flexibility index (Phi) is 8.00. The third-order valence-corrected chi connectivity index (χ3v) is 4.80. The van der Waals surface area contributed by atoms with Crippen molar-refractivity contribution in [3.63, 3.8) is 0 Å². The number of para-hydroxylation sites is 2. The van der Waals surface area contributed by atoms with Crippen LogP contribution in [0.1, 0.15) is 13.8 Å². The van der Waals surface area contributed by atoms with Crippen LogP contribution < -0.4 is 20.1 Å². The van der Waals surface area contributed by atoms with E-state index in [2.05, 4.69) is 10.6 Å². The van der Waals surface area contributed by atoms with Crippen LogP contribution in [0.15, 0.2) is 48.5 Å².